The maximum absolute atomic E-state index is 13.1. The first-order valence-electron chi connectivity index (χ1n) is 9.49. The predicted octanol–water partition coefficient (Wildman–Crippen LogP) is 5.18. The standard InChI is InChI=1S/C22H19ClN2O3/c23-16-11-20-21(28-9-3-8-27-20)12-19(16)25-22(26)15-10-18(13-6-7-13)24-17-5-2-1-4-14(15)17/h1-2,4-5,10-13H,3,6-9H2,(H,25,26). The lowest BCUT2D eigenvalue weighted by atomic mass is 10.1. The monoisotopic (exact) mass is 394 g/mol. The van der Waals surface area contributed by atoms with Crippen LogP contribution in [-0.4, -0.2) is 24.1 Å². The molecule has 0 atom stereocenters. The van der Waals surface area contributed by atoms with Crippen molar-refractivity contribution in [3.05, 3.63) is 58.7 Å². The Kier molecular flexibility index (Phi) is 4.32. The van der Waals surface area contributed by atoms with Gasteiger partial charge in [0.1, 0.15) is 0 Å². The molecular weight excluding hydrogens is 376 g/mol. The summed E-state index contributed by atoms with van der Waals surface area (Å²) in [5, 5.41) is 4.19. The highest BCUT2D eigenvalue weighted by molar-refractivity contribution is 6.34. The van der Waals surface area contributed by atoms with E-state index >= 15 is 0 Å². The number of carbonyl (C=O) groups excluding carboxylic acids is 1. The first kappa shape index (κ1) is 17.3. The average Bonchev–Trinajstić information content (AvgIpc) is 3.55. The Balaban J connectivity index is 1.51. The van der Waals surface area contributed by atoms with Crippen LogP contribution in [0.3, 0.4) is 0 Å². The van der Waals surface area contributed by atoms with Crippen molar-refractivity contribution in [3.63, 3.8) is 0 Å². The number of carbonyl (C=O) groups is 1. The van der Waals surface area contributed by atoms with Gasteiger partial charge in [-0.05, 0) is 25.0 Å². The number of para-hydroxylation sites is 1. The Bertz CT molecular complexity index is 1080. The molecule has 0 radical (unpaired) electrons. The van der Waals surface area contributed by atoms with E-state index in [0.29, 0.717) is 46.9 Å². The summed E-state index contributed by atoms with van der Waals surface area (Å²) in [4.78, 5) is 17.9. The Hall–Kier alpha value is -2.79. The minimum atomic E-state index is -0.211. The summed E-state index contributed by atoms with van der Waals surface area (Å²) in [5.41, 5.74) is 2.93. The fourth-order valence-corrected chi connectivity index (χ4v) is 3.64. The first-order chi connectivity index (χ1) is 13.7. The highest BCUT2D eigenvalue weighted by Gasteiger charge is 2.27. The number of anilines is 1. The van der Waals surface area contributed by atoms with Gasteiger partial charge in [-0.25, -0.2) is 0 Å². The molecule has 142 valence electrons. The molecule has 28 heavy (non-hydrogen) atoms. The summed E-state index contributed by atoms with van der Waals surface area (Å²) < 4.78 is 11.4. The molecule has 1 N–H and O–H groups in total. The summed E-state index contributed by atoms with van der Waals surface area (Å²) in [6.45, 7) is 1.16. The lowest BCUT2D eigenvalue weighted by molar-refractivity contribution is 0.102. The van der Waals surface area contributed by atoms with Crippen LogP contribution in [-0.2, 0) is 0 Å². The van der Waals surface area contributed by atoms with Gasteiger partial charge in [0.05, 0.1) is 35.0 Å². The third-order valence-corrected chi connectivity index (χ3v) is 5.37. The molecule has 5 rings (SSSR count). The van der Waals surface area contributed by atoms with Gasteiger partial charge in [0.25, 0.3) is 5.91 Å². The van der Waals surface area contributed by atoms with Gasteiger partial charge >= 0.3 is 0 Å². The molecule has 1 aromatic heterocycles. The van der Waals surface area contributed by atoms with Crippen molar-refractivity contribution < 1.29 is 14.3 Å². The van der Waals surface area contributed by atoms with Gasteiger partial charge < -0.3 is 14.8 Å². The number of nitrogens with zero attached hydrogens (tertiary/aromatic N) is 1. The Morgan fingerprint density at radius 3 is 2.61 bits per heavy atom. The van der Waals surface area contributed by atoms with Crippen LogP contribution in [0.25, 0.3) is 10.9 Å². The summed E-state index contributed by atoms with van der Waals surface area (Å²) >= 11 is 6.39. The van der Waals surface area contributed by atoms with Crippen LogP contribution in [0, 0.1) is 0 Å². The van der Waals surface area contributed by atoms with Crippen LogP contribution < -0.4 is 14.8 Å². The van der Waals surface area contributed by atoms with E-state index in [2.05, 4.69) is 5.32 Å². The smallest absolute Gasteiger partial charge is 0.256 e. The molecule has 3 aromatic rings. The number of pyridine rings is 1. The first-order valence-corrected chi connectivity index (χ1v) is 9.87. The largest absolute Gasteiger partial charge is 0.490 e. The number of fused-ring (bicyclic) bond motifs is 2. The molecule has 2 heterocycles. The summed E-state index contributed by atoms with van der Waals surface area (Å²) in [5.74, 6) is 1.44. The second-order valence-electron chi connectivity index (χ2n) is 7.17. The Morgan fingerprint density at radius 1 is 1.07 bits per heavy atom. The molecular formula is C22H19ClN2O3. The molecule has 0 unspecified atom stereocenters. The number of nitrogens with one attached hydrogen (secondary N) is 1. The SMILES string of the molecule is O=C(Nc1cc2c(cc1Cl)OCCCO2)c1cc(C2CC2)nc2ccccc12. The van der Waals surface area contributed by atoms with Gasteiger partial charge in [0, 0.05) is 35.6 Å². The van der Waals surface area contributed by atoms with Crippen molar-refractivity contribution in [1.29, 1.82) is 0 Å². The fraction of sp³-hybridized carbons (Fsp3) is 0.273. The molecule has 5 nitrogen and oxygen atoms in total. The third-order valence-electron chi connectivity index (χ3n) is 5.06. The van der Waals surface area contributed by atoms with Crippen molar-refractivity contribution in [3.8, 4) is 11.5 Å². The van der Waals surface area contributed by atoms with Gasteiger partial charge in [-0.1, -0.05) is 29.8 Å². The Labute approximate surface area is 167 Å². The number of hydrogen-bond acceptors (Lipinski definition) is 4. The van der Waals surface area contributed by atoms with Crippen LogP contribution in [0.2, 0.25) is 5.02 Å². The summed E-state index contributed by atoms with van der Waals surface area (Å²) in [7, 11) is 0. The minimum Gasteiger partial charge on any atom is -0.490 e. The number of hydrogen-bond donors (Lipinski definition) is 1. The van der Waals surface area contributed by atoms with Gasteiger partial charge in [-0.2, -0.15) is 0 Å². The van der Waals surface area contributed by atoms with E-state index in [-0.39, 0.29) is 5.91 Å². The van der Waals surface area contributed by atoms with Crippen LogP contribution in [0.15, 0.2) is 42.5 Å². The summed E-state index contributed by atoms with van der Waals surface area (Å²) in [6, 6.07) is 13.0. The molecule has 1 fully saturated rings. The van der Waals surface area contributed by atoms with Crippen molar-refractivity contribution in [2.75, 3.05) is 18.5 Å². The lowest BCUT2D eigenvalue weighted by Crippen LogP contribution is -2.14. The second kappa shape index (κ2) is 6.99. The van der Waals surface area contributed by atoms with Crippen LogP contribution >= 0.6 is 11.6 Å². The van der Waals surface area contributed by atoms with Crippen LogP contribution in [0.4, 0.5) is 5.69 Å². The van der Waals surface area contributed by atoms with Crippen LogP contribution in [0.1, 0.15) is 41.2 Å². The third kappa shape index (κ3) is 3.27. The zero-order valence-corrected chi connectivity index (χ0v) is 16.0. The zero-order valence-electron chi connectivity index (χ0n) is 15.2. The lowest BCUT2D eigenvalue weighted by Gasteiger charge is -2.14. The van der Waals surface area contributed by atoms with E-state index in [1.54, 1.807) is 12.1 Å². The number of aromatic nitrogens is 1. The molecule has 1 aliphatic carbocycles. The molecule has 2 aliphatic rings. The number of halogens is 1. The van der Waals surface area contributed by atoms with Gasteiger partial charge in [0.15, 0.2) is 11.5 Å². The highest BCUT2D eigenvalue weighted by Crippen LogP contribution is 2.41. The van der Waals surface area contributed by atoms with Gasteiger partial charge in [0.2, 0.25) is 0 Å². The van der Waals surface area contributed by atoms with Gasteiger partial charge in [-0.15, -0.1) is 0 Å². The summed E-state index contributed by atoms with van der Waals surface area (Å²) in [6.07, 6.45) is 3.06. The van der Waals surface area contributed by atoms with E-state index in [4.69, 9.17) is 26.1 Å². The van der Waals surface area contributed by atoms with Crippen molar-refractivity contribution in [1.82, 2.24) is 4.98 Å². The number of ether oxygens (including phenoxy) is 2. The normalized spacial score (nSPS) is 15.9. The molecule has 0 saturated heterocycles. The van der Waals surface area contributed by atoms with E-state index in [9.17, 15) is 4.79 Å². The topological polar surface area (TPSA) is 60.5 Å². The van der Waals surface area contributed by atoms with E-state index in [1.165, 1.54) is 0 Å². The van der Waals surface area contributed by atoms with Gasteiger partial charge in [-0.3, -0.25) is 9.78 Å². The number of amides is 1. The Morgan fingerprint density at radius 2 is 1.82 bits per heavy atom. The highest BCUT2D eigenvalue weighted by atomic mass is 35.5. The maximum atomic E-state index is 13.1. The van der Waals surface area contributed by atoms with Crippen LogP contribution in [0.5, 0.6) is 11.5 Å². The quantitative estimate of drug-likeness (QED) is 0.665. The molecule has 6 heteroatoms. The number of benzene rings is 2. The van der Waals surface area contributed by atoms with E-state index < -0.39 is 0 Å². The molecule has 0 bridgehead atoms. The molecule has 1 amide bonds. The average molecular weight is 395 g/mol. The maximum Gasteiger partial charge on any atom is 0.256 e. The zero-order chi connectivity index (χ0) is 19.1. The molecule has 1 saturated carbocycles. The van der Waals surface area contributed by atoms with E-state index in [0.717, 1.165) is 35.9 Å². The van der Waals surface area contributed by atoms with Crippen molar-refractivity contribution in [2.24, 2.45) is 0 Å². The molecule has 0 spiro atoms. The molecule has 2 aromatic carbocycles. The van der Waals surface area contributed by atoms with Crippen molar-refractivity contribution in [2.45, 2.75) is 25.2 Å². The van der Waals surface area contributed by atoms with Crippen molar-refractivity contribution >= 4 is 34.1 Å². The minimum absolute atomic E-state index is 0.211. The number of rotatable bonds is 3. The molecule has 1 aliphatic heterocycles. The van der Waals surface area contributed by atoms with E-state index in [1.807, 2.05) is 30.3 Å². The fourth-order valence-electron chi connectivity index (χ4n) is 3.44. The predicted molar refractivity (Wildman–Crippen MR) is 109 cm³/mol. The second-order valence-corrected chi connectivity index (χ2v) is 7.58.